The highest BCUT2D eigenvalue weighted by Gasteiger charge is 2.16. The van der Waals surface area contributed by atoms with Crippen molar-refractivity contribution in [3.8, 4) is 11.5 Å². The number of benzene rings is 3. The molecule has 0 aliphatic carbocycles. The zero-order valence-corrected chi connectivity index (χ0v) is 22.8. The minimum Gasteiger partial charge on any atom is -0.492 e. The van der Waals surface area contributed by atoms with Crippen LogP contribution >= 0.6 is 39.7 Å². The molecular formula is C26H25BrClN3O4S. The molecule has 0 aliphatic heterocycles. The number of hydrogen-bond acceptors (Lipinski definition) is 5. The standard InChI is InChI=1S/C26H25BrClN3O4S/c1-3-14-34-22-13-8-17(15-20(22)27)25(33)31-26(36)30-19-11-9-18(10-12-19)29-24(32)16(2)35-23-7-5-4-6-21(23)28/h4-13,15-16H,3,14H2,1-2H3,(H,29,32)(H2,30,31,33,36). The average molecular weight is 591 g/mol. The summed E-state index contributed by atoms with van der Waals surface area (Å²) in [5.41, 5.74) is 1.65. The van der Waals surface area contributed by atoms with Crippen LogP contribution in [0.5, 0.6) is 11.5 Å². The van der Waals surface area contributed by atoms with Crippen LogP contribution in [0.4, 0.5) is 11.4 Å². The van der Waals surface area contributed by atoms with Crippen LogP contribution in [0, 0.1) is 0 Å². The van der Waals surface area contributed by atoms with E-state index >= 15 is 0 Å². The largest absolute Gasteiger partial charge is 0.492 e. The molecule has 0 heterocycles. The molecule has 0 bridgehead atoms. The Labute approximate surface area is 228 Å². The zero-order valence-electron chi connectivity index (χ0n) is 19.6. The van der Waals surface area contributed by atoms with Crippen molar-refractivity contribution in [2.45, 2.75) is 26.4 Å². The first kappa shape index (κ1) is 27.4. The highest BCUT2D eigenvalue weighted by atomic mass is 79.9. The van der Waals surface area contributed by atoms with E-state index in [0.29, 0.717) is 44.5 Å². The Morgan fingerprint density at radius 3 is 2.31 bits per heavy atom. The van der Waals surface area contributed by atoms with E-state index in [1.54, 1.807) is 73.7 Å². The zero-order chi connectivity index (χ0) is 26.1. The Hall–Kier alpha value is -3.14. The molecule has 0 spiro atoms. The Morgan fingerprint density at radius 2 is 1.67 bits per heavy atom. The van der Waals surface area contributed by atoms with Gasteiger partial charge in [-0.05, 0) is 96.1 Å². The molecule has 0 fully saturated rings. The fraction of sp³-hybridized carbons (Fsp3) is 0.192. The maximum atomic E-state index is 12.5. The molecule has 0 aliphatic rings. The van der Waals surface area contributed by atoms with Crippen molar-refractivity contribution in [2.24, 2.45) is 0 Å². The molecule has 188 valence electrons. The van der Waals surface area contributed by atoms with Gasteiger partial charge < -0.3 is 20.1 Å². The third-order valence-electron chi connectivity index (χ3n) is 4.80. The van der Waals surface area contributed by atoms with Gasteiger partial charge in [-0.1, -0.05) is 30.7 Å². The molecule has 10 heteroatoms. The smallest absolute Gasteiger partial charge is 0.265 e. The number of halogens is 2. The lowest BCUT2D eigenvalue weighted by atomic mass is 10.2. The third kappa shape index (κ3) is 7.94. The first-order valence-electron chi connectivity index (χ1n) is 11.1. The molecule has 0 saturated heterocycles. The van der Waals surface area contributed by atoms with Crippen molar-refractivity contribution >= 4 is 68.1 Å². The summed E-state index contributed by atoms with van der Waals surface area (Å²) in [6.07, 6.45) is 0.136. The molecule has 3 rings (SSSR count). The summed E-state index contributed by atoms with van der Waals surface area (Å²) in [6.45, 7) is 4.25. The molecule has 0 radical (unpaired) electrons. The molecule has 1 unspecified atom stereocenters. The number of carbonyl (C=O) groups excluding carboxylic acids is 2. The summed E-state index contributed by atoms with van der Waals surface area (Å²) in [6, 6.07) is 18.9. The van der Waals surface area contributed by atoms with E-state index in [1.165, 1.54) is 0 Å². The Kier molecular flexibility index (Phi) is 10.1. The molecule has 3 aromatic carbocycles. The van der Waals surface area contributed by atoms with Crippen molar-refractivity contribution in [3.63, 3.8) is 0 Å². The van der Waals surface area contributed by atoms with Crippen molar-refractivity contribution in [2.75, 3.05) is 17.2 Å². The van der Waals surface area contributed by atoms with Gasteiger partial charge in [-0.2, -0.15) is 0 Å². The van der Waals surface area contributed by atoms with Crippen LogP contribution in [0.15, 0.2) is 71.2 Å². The lowest BCUT2D eigenvalue weighted by molar-refractivity contribution is -0.122. The minimum atomic E-state index is -0.752. The molecule has 3 aromatic rings. The summed E-state index contributed by atoms with van der Waals surface area (Å²) < 4.78 is 11.9. The number of anilines is 2. The van der Waals surface area contributed by atoms with Crippen molar-refractivity contribution in [1.29, 1.82) is 0 Å². The molecule has 1 atom stereocenters. The van der Waals surface area contributed by atoms with Gasteiger partial charge in [0.05, 0.1) is 16.1 Å². The third-order valence-corrected chi connectivity index (χ3v) is 5.94. The number of hydrogen-bond donors (Lipinski definition) is 3. The highest BCUT2D eigenvalue weighted by Crippen LogP contribution is 2.26. The van der Waals surface area contributed by atoms with Gasteiger partial charge >= 0.3 is 0 Å². The van der Waals surface area contributed by atoms with Crippen LogP contribution in [0.3, 0.4) is 0 Å². The Bertz CT molecular complexity index is 1240. The predicted molar refractivity (Wildman–Crippen MR) is 150 cm³/mol. The van der Waals surface area contributed by atoms with Gasteiger partial charge in [-0.25, -0.2) is 0 Å². The van der Waals surface area contributed by atoms with E-state index in [9.17, 15) is 9.59 Å². The molecule has 0 saturated carbocycles. The number of carbonyl (C=O) groups is 2. The number of thiocarbonyl (C=S) groups is 1. The van der Waals surface area contributed by atoms with Crippen LogP contribution in [-0.2, 0) is 4.79 Å². The van der Waals surface area contributed by atoms with E-state index < -0.39 is 6.10 Å². The number of para-hydroxylation sites is 1. The molecule has 0 aromatic heterocycles. The van der Waals surface area contributed by atoms with Crippen LogP contribution in [0.25, 0.3) is 0 Å². The van der Waals surface area contributed by atoms with Crippen molar-refractivity contribution in [1.82, 2.24) is 5.32 Å². The number of nitrogens with one attached hydrogen (secondary N) is 3. The molecule has 36 heavy (non-hydrogen) atoms. The lowest BCUT2D eigenvalue weighted by Gasteiger charge is -2.16. The number of ether oxygens (including phenoxy) is 2. The monoisotopic (exact) mass is 589 g/mol. The summed E-state index contributed by atoms with van der Waals surface area (Å²) in [5, 5.41) is 8.95. The van der Waals surface area contributed by atoms with E-state index in [0.717, 1.165) is 6.42 Å². The predicted octanol–water partition coefficient (Wildman–Crippen LogP) is 6.42. The molecule has 3 N–H and O–H groups in total. The Balaban J connectivity index is 1.51. The highest BCUT2D eigenvalue weighted by molar-refractivity contribution is 9.10. The van der Waals surface area contributed by atoms with Gasteiger partial charge in [0.15, 0.2) is 11.2 Å². The fourth-order valence-electron chi connectivity index (χ4n) is 2.97. The first-order valence-corrected chi connectivity index (χ1v) is 12.7. The Morgan fingerprint density at radius 1 is 1.00 bits per heavy atom. The minimum absolute atomic E-state index is 0.140. The molecular weight excluding hydrogens is 566 g/mol. The summed E-state index contributed by atoms with van der Waals surface area (Å²) in [5.74, 6) is 0.429. The van der Waals surface area contributed by atoms with Crippen LogP contribution in [-0.4, -0.2) is 29.6 Å². The van der Waals surface area contributed by atoms with E-state index in [1.807, 2.05) is 6.92 Å². The van der Waals surface area contributed by atoms with Crippen LogP contribution < -0.4 is 25.4 Å². The van der Waals surface area contributed by atoms with Crippen LogP contribution in [0.2, 0.25) is 5.02 Å². The van der Waals surface area contributed by atoms with Gasteiger partial charge in [0, 0.05) is 16.9 Å². The average Bonchev–Trinajstić information content (AvgIpc) is 2.85. The van der Waals surface area contributed by atoms with Gasteiger partial charge in [0.2, 0.25) is 0 Å². The molecule has 7 nitrogen and oxygen atoms in total. The quantitative estimate of drug-likeness (QED) is 0.249. The second-order valence-electron chi connectivity index (χ2n) is 7.66. The van der Waals surface area contributed by atoms with Crippen molar-refractivity contribution < 1.29 is 19.1 Å². The number of rotatable bonds is 9. The summed E-state index contributed by atoms with van der Waals surface area (Å²) in [4.78, 5) is 25.0. The number of amides is 2. The van der Waals surface area contributed by atoms with Gasteiger partial charge in [0.25, 0.3) is 11.8 Å². The van der Waals surface area contributed by atoms with Gasteiger partial charge in [-0.3, -0.25) is 14.9 Å². The van der Waals surface area contributed by atoms with E-state index in [-0.39, 0.29) is 16.9 Å². The topological polar surface area (TPSA) is 88.7 Å². The van der Waals surface area contributed by atoms with Crippen LogP contribution in [0.1, 0.15) is 30.6 Å². The van der Waals surface area contributed by atoms with E-state index in [2.05, 4.69) is 31.9 Å². The maximum Gasteiger partial charge on any atom is 0.265 e. The van der Waals surface area contributed by atoms with Gasteiger partial charge in [-0.15, -0.1) is 0 Å². The fourth-order valence-corrected chi connectivity index (χ4v) is 3.86. The van der Waals surface area contributed by atoms with Crippen molar-refractivity contribution in [3.05, 3.63) is 81.8 Å². The lowest BCUT2D eigenvalue weighted by Crippen LogP contribution is -2.34. The second-order valence-corrected chi connectivity index (χ2v) is 9.33. The molecule has 2 amide bonds. The maximum absolute atomic E-state index is 12.5. The summed E-state index contributed by atoms with van der Waals surface area (Å²) in [7, 11) is 0. The van der Waals surface area contributed by atoms with Gasteiger partial charge in [0.1, 0.15) is 11.5 Å². The first-order chi connectivity index (χ1) is 17.3. The summed E-state index contributed by atoms with van der Waals surface area (Å²) >= 11 is 14.8. The second kappa shape index (κ2) is 13.2. The van der Waals surface area contributed by atoms with E-state index in [4.69, 9.17) is 33.3 Å². The normalized spacial score (nSPS) is 11.2. The SMILES string of the molecule is CCCOc1ccc(C(=O)NC(=S)Nc2ccc(NC(=O)C(C)Oc3ccccc3Cl)cc2)cc1Br.